The summed E-state index contributed by atoms with van der Waals surface area (Å²) < 4.78 is 0. The van der Waals surface area contributed by atoms with E-state index in [1.165, 1.54) is 12.1 Å². The summed E-state index contributed by atoms with van der Waals surface area (Å²) in [7, 11) is 0. The fourth-order valence-electron chi connectivity index (χ4n) is 2.91. The first-order chi connectivity index (χ1) is 9.46. The maximum absolute atomic E-state index is 11.1. The maximum Gasteiger partial charge on any atom is 0.311 e. The molecule has 0 radical (unpaired) electrons. The average Bonchev–Trinajstić information content (AvgIpc) is 2.38. The zero-order chi connectivity index (χ0) is 14.8. The largest absolute Gasteiger partial charge is 0.394 e. The maximum atomic E-state index is 11.1. The molecule has 110 valence electrons. The van der Waals surface area contributed by atoms with Crippen molar-refractivity contribution in [3.8, 4) is 0 Å². The number of nitrogens with one attached hydrogen (secondary N) is 1. The van der Waals surface area contributed by atoms with Crippen LogP contribution in [0.15, 0.2) is 12.1 Å². The summed E-state index contributed by atoms with van der Waals surface area (Å²) >= 11 is 0. The van der Waals surface area contributed by atoms with Crippen LogP contribution >= 0.6 is 0 Å². The molecular weight excluding hydrogens is 260 g/mol. The van der Waals surface area contributed by atoms with Crippen molar-refractivity contribution in [3.63, 3.8) is 0 Å². The number of nitrogens with zero attached hydrogens (tertiary/aromatic N) is 2. The highest BCUT2D eigenvalue weighted by Crippen LogP contribution is 2.36. The van der Waals surface area contributed by atoms with Gasteiger partial charge in [-0.2, -0.15) is 0 Å². The number of aliphatic hydroxyl groups is 1. The third-order valence-corrected chi connectivity index (χ3v) is 3.87. The predicted molar refractivity (Wildman–Crippen MR) is 76.4 cm³/mol. The molecule has 1 aromatic heterocycles. The SMILES string of the molecule is CC1CCCC(CO)(Nc2nc(N)ccc2[N+](=O)[O-])C1. The van der Waals surface area contributed by atoms with Crippen molar-refractivity contribution in [2.24, 2.45) is 5.92 Å². The van der Waals surface area contributed by atoms with Crippen molar-refractivity contribution >= 4 is 17.3 Å². The topological polar surface area (TPSA) is 114 Å². The minimum atomic E-state index is -0.552. The summed E-state index contributed by atoms with van der Waals surface area (Å²) in [5.41, 5.74) is 4.94. The van der Waals surface area contributed by atoms with Gasteiger partial charge in [-0.25, -0.2) is 4.98 Å². The summed E-state index contributed by atoms with van der Waals surface area (Å²) in [5.74, 6) is 0.816. The molecule has 0 aliphatic heterocycles. The summed E-state index contributed by atoms with van der Waals surface area (Å²) in [5, 5.41) is 23.9. The normalized spacial score (nSPS) is 26.2. The van der Waals surface area contributed by atoms with Crippen LogP contribution in [0.2, 0.25) is 0 Å². The van der Waals surface area contributed by atoms with E-state index in [0.717, 1.165) is 25.7 Å². The number of aliphatic hydroxyl groups excluding tert-OH is 1. The molecule has 2 atom stereocenters. The predicted octanol–water partition coefficient (Wildman–Crippen LogP) is 1.93. The van der Waals surface area contributed by atoms with E-state index in [9.17, 15) is 15.2 Å². The molecule has 2 unspecified atom stereocenters. The second-order valence-corrected chi connectivity index (χ2v) is 5.63. The molecule has 7 heteroatoms. The van der Waals surface area contributed by atoms with Gasteiger partial charge < -0.3 is 16.2 Å². The first-order valence-corrected chi connectivity index (χ1v) is 6.76. The van der Waals surface area contributed by atoms with Gasteiger partial charge in [-0.3, -0.25) is 10.1 Å². The van der Waals surface area contributed by atoms with Gasteiger partial charge in [-0.1, -0.05) is 19.8 Å². The van der Waals surface area contributed by atoms with Gasteiger partial charge in [0.2, 0.25) is 5.82 Å². The lowest BCUT2D eigenvalue weighted by molar-refractivity contribution is -0.384. The number of nitro groups is 1. The van der Waals surface area contributed by atoms with E-state index in [4.69, 9.17) is 5.73 Å². The highest BCUT2D eigenvalue weighted by Gasteiger charge is 2.36. The lowest BCUT2D eigenvalue weighted by Crippen LogP contribution is -2.46. The number of aromatic nitrogens is 1. The van der Waals surface area contributed by atoms with Crippen LogP contribution in [0.1, 0.15) is 32.6 Å². The Kier molecular flexibility index (Phi) is 4.08. The van der Waals surface area contributed by atoms with Crippen molar-refractivity contribution in [1.82, 2.24) is 4.98 Å². The number of anilines is 2. The molecule has 1 heterocycles. The van der Waals surface area contributed by atoms with Crippen LogP contribution in [0, 0.1) is 16.0 Å². The molecular formula is C13H20N4O3. The van der Waals surface area contributed by atoms with Crippen LogP contribution in [0.3, 0.4) is 0 Å². The van der Waals surface area contributed by atoms with Gasteiger partial charge in [-0.05, 0) is 24.8 Å². The second-order valence-electron chi connectivity index (χ2n) is 5.63. The lowest BCUT2D eigenvalue weighted by atomic mass is 9.77. The number of hydrogen-bond donors (Lipinski definition) is 3. The quantitative estimate of drug-likeness (QED) is 0.573. The molecule has 0 spiro atoms. The lowest BCUT2D eigenvalue weighted by Gasteiger charge is -2.39. The molecule has 1 aliphatic rings. The number of nitrogen functional groups attached to an aromatic ring is 1. The molecule has 1 aliphatic carbocycles. The molecule has 20 heavy (non-hydrogen) atoms. The number of pyridine rings is 1. The van der Waals surface area contributed by atoms with Crippen LogP contribution in [-0.4, -0.2) is 27.2 Å². The Morgan fingerprint density at radius 1 is 1.65 bits per heavy atom. The van der Waals surface area contributed by atoms with Gasteiger partial charge in [-0.15, -0.1) is 0 Å². The molecule has 0 aromatic carbocycles. The van der Waals surface area contributed by atoms with Gasteiger partial charge in [0.25, 0.3) is 0 Å². The number of nitrogens with two attached hydrogens (primary N) is 1. The molecule has 1 fully saturated rings. The average molecular weight is 280 g/mol. The van der Waals surface area contributed by atoms with Gasteiger partial charge >= 0.3 is 5.69 Å². The Labute approximate surface area is 117 Å². The minimum Gasteiger partial charge on any atom is -0.394 e. The Morgan fingerprint density at radius 2 is 2.40 bits per heavy atom. The van der Waals surface area contributed by atoms with Gasteiger partial charge in [0.05, 0.1) is 17.1 Å². The molecule has 4 N–H and O–H groups in total. The molecule has 0 bridgehead atoms. The first kappa shape index (κ1) is 14.5. The summed E-state index contributed by atoms with van der Waals surface area (Å²) in [6.07, 6.45) is 3.61. The van der Waals surface area contributed by atoms with Crippen LogP contribution in [0.25, 0.3) is 0 Å². The number of hydrogen-bond acceptors (Lipinski definition) is 6. The number of rotatable bonds is 4. The molecule has 2 rings (SSSR count). The third-order valence-electron chi connectivity index (χ3n) is 3.87. The zero-order valence-corrected chi connectivity index (χ0v) is 11.5. The van der Waals surface area contributed by atoms with Crippen LogP contribution in [0.4, 0.5) is 17.3 Å². The summed E-state index contributed by atoms with van der Waals surface area (Å²) in [4.78, 5) is 14.6. The van der Waals surface area contributed by atoms with E-state index in [1.54, 1.807) is 0 Å². The summed E-state index contributed by atoms with van der Waals surface area (Å²) in [6.45, 7) is 2.04. The highest BCUT2D eigenvalue weighted by molar-refractivity contribution is 5.60. The van der Waals surface area contributed by atoms with E-state index in [1.807, 2.05) is 0 Å². The van der Waals surface area contributed by atoms with Crippen molar-refractivity contribution in [1.29, 1.82) is 0 Å². The van der Waals surface area contributed by atoms with Crippen LogP contribution < -0.4 is 11.1 Å². The Morgan fingerprint density at radius 3 is 3.00 bits per heavy atom. The van der Waals surface area contributed by atoms with E-state index < -0.39 is 10.5 Å². The monoisotopic (exact) mass is 280 g/mol. The van der Waals surface area contributed by atoms with Gasteiger partial charge in [0.1, 0.15) is 5.82 Å². The highest BCUT2D eigenvalue weighted by atomic mass is 16.6. The van der Waals surface area contributed by atoms with E-state index in [2.05, 4.69) is 17.2 Å². The van der Waals surface area contributed by atoms with Crippen LogP contribution in [-0.2, 0) is 0 Å². The van der Waals surface area contributed by atoms with Crippen molar-refractivity contribution < 1.29 is 10.0 Å². The zero-order valence-electron chi connectivity index (χ0n) is 11.5. The van der Waals surface area contributed by atoms with Gasteiger partial charge in [0.15, 0.2) is 0 Å². The molecule has 1 saturated carbocycles. The molecule has 0 saturated heterocycles. The van der Waals surface area contributed by atoms with E-state index in [0.29, 0.717) is 5.92 Å². The summed E-state index contributed by atoms with van der Waals surface area (Å²) in [6, 6.07) is 2.74. The fourth-order valence-corrected chi connectivity index (χ4v) is 2.91. The third kappa shape index (κ3) is 2.98. The first-order valence-electron chi connectivity index (χ1n) is 6.76. The van der Waals surface area contributed by atoms with E-state index >= 15 is 0 Å². The smallest absolute Gasteiger partial charge is 0.311 e. The fraction of sp³-hybridized carbons (Fsp3) is 0.615. The van der Waals surface area contributed by atoms with Crippen molar-refractivity contribution in [3.05, 3.63) is 22.2 Å². The Bertz CT molecular complexity index is 508. The molecule has 0 amide bonds. The van der Waals surface area contributed by atoms with Crippen LogP contribution in [0.5, 0.6) is 0 Å². The molecule has 1 aromatic rings. The Hall–Kier alpha value is -1.89. The standard InChI is InChI=1S/C13H20N4O3/c1-9-3-2-6-13(7-9,8-18)16-12-10(17(19)20)4-5-11(14)15-12/h4-5,9,18H,2-3,6-8H2,1H3,(H3,14,15,16). The van der Waals surface area contributed by atoms with Gasteiger partial charge in [0, 0.05) is 6.07 Å². The molecule has 7 nitrogen and oxygen atoms in total. The minimum absolute atomic E-state index is 0.0784. The van der Waals surface area contributed by atoms with Crippen molar-refractivity contribution in [2.45, 2.75) is 38.1 Å². The Balaban J connectivity index is 2.31. The van der Waals surface area contributed by atoms with Crippen molar-refractivity contribution in [2.75, 3.05) is 17.7 Å². The second kappa shape index (κ2) is 5.62. The van der Waals surface area contributed by atoms with E-state index in [-0.39, 0.29) is 23.9 Å².